The molecule has 0 aliphatic rings. The third-order valence-electron chi connectivity index (χ3n) is 3.39. The number of aromatic nitrogens is 1. The Morgan fingerprint density at radius 1 is 1.16 bits per heavy atom. The summed E-state index contributed by atoms with van der Waals surface area (Å²) in [4.78, 5) is 4.37. The third-order valence-corrected chi connectivity index (χ3v) is 4.19. The fourth-order valence-corrected chi connectivity index (χ4v) is 3.00. The van der Waals surface area contributed by atoms with E-state index >= 15 is 0 Å². The fourth-order valence-electron chi connectivity index (χ4n) is 2.34. The molecule has 0 spiro atoms. The quantitative estimate of drug-likeness (QED) is 0.778. The molecule has 1 unspecified atom stereocenters. The van der Waals surface area contributed by atoms with Gasteiger partial charge in [0.05, 0.1) is 5.01 Å². The second-order valence-electron chi connectivity index (χ2n) is 4.58. The molecule has 2 aromatic carbocycles. The Morgan fingerprint density at radius 3 is 2.74 bits per heavy atom. The van der Waals surface area contributed by atoms with Crippen LogP contribution in [-0.2, 0) is 6.42 Å². The van der Waals surface area contributed by atoms with Gasteiger partial charge in [-0.15, -0.1) is 11.3 Å². The standard InChI is InChI=1S/C16H16N2S/c1-17-15(11-16-18-8-9-19-16)14-7-6-12-4-2-3-5-13(12)10-14/h2-10,15,17H,11H2,1H3. The topological polar surface area (TPSA) is 24.9 Å². The molecule has 1 heterocycles. The minimum atomic E-state index is 0.316. The molecule has 0 fully saturated rings. The average Bonchev–Trinajstić information content (AvgIpc) is 2.97. The van der Waals surface area contributed by atoms with Crippen molar-refractivity contribution in [2.45, 2.75) is 12.5 Å². The Bertz CT molecular complexity index is 661. The van der Waals surface area contributed by atoms with Crippen LogP contribution < -0.4 is 5.32 Å². The zero-order valence-electron chi connectivity index (χ0n) is 10.8. The summed E-state index contributed by atoms with van der Waals surface area (Å²) in [6.45, 7) is 0. The van der Waals surface area contributed by atoms with E-state index in [9.17, 15) is 0 Å². The Kier molecular flexibility index (Phi) is 3.58. The van der Waals surface area contributed by atoms with Gasteiger partial charge in [-0.2, -0.15) is 0 Å². The van der Waals surface area contributed by atoms with Crippen molar-refractivity contribution in [2.24, 2.45) is 0 Å². The minimum absolute atomic E-state index is 0.316. The average molecular weight is 268 g/mol. The highest BCUT2D eigenvalue weighted by molar-refractivity contribution is 7.09. The van der Waals surface area contributed by atoms with E-state index in [-0.39, 0.29) is 0 Å². The van der Waals surface area contributed by atoms with E-state index in [1.54, 1.807) is 11.3 Å². The van der Waals surface area contributed by atoms with Gasteiger partial charge in [0.15, 0.2) is 0 Å². The van der Waals surface area contributed by atoms with Gasteiger partial charge < -0.3 is 5.32 Å². The van der Waals surface area contributed by atoms with Gasteiger partial charge in [0, 0.05) is 24.0 Å². The molecule has 1 aromatic heterocycles. The zero-order chi connectivity index (χ0) is 13.1. The van der Waals surface area contributed by atoms with Crippen LogP contribution in [0.15, 0.2) is 54.0 Å². The van der Waals surface area contributed by atoms with Crippen molar-refractivity contribution in [1.82, 2.24) is 10.3 Å². The molecule has 0 bridgehead atoms. The number of benzene rings is 2. The number of thiazole rings is 1. The van der Waals surface area contributed by atoms with Gasteiger partial charge >= 0.3 is 0 Å². The summed E-state index contributed by atoms with van der Waals surface area (Å²) in [6, 6.07) is 15.5. The monoisotopic (exact) mass is 268 g/mol. The van der Waals surface area contributed by atoms with Gasteiger partial charge in [-0.25, -0.2) is 4.98 Å². The molecule has 0 saturated carbocycles. The summed E-state index contributed by atoms with van der Waals surface area (Å²) in [5.41, 5.74) is 1.32. The molecule has 2 nitrogen and oxygen atoms in total. The highest BCUT2D eigenvalue weighted by Crippen LogP contribution is 2.23. The van der Waals surface area contributed by atoms with Crippen molar-refractivity contribution in [3.63, 3.8) is 0 Å². The number of hydrogen-bond donors (Lipinski definition) is 1. The van der Waals surface area contributed by atoms with E-state index in [4.69, 9.17) is 0 Å². The van der Waals surface area contributed by atoms with Crippen LogP contribution in [-0.4, -0.2) is 12.0 Å². The van der Waals surface area contributed by atoms with Gasteiger partial charge in [-0.3, -0.25) is 0 Å². The van der Waals surface area contributed by atoms with Gasteiger partial charge in [0.2, 0.25) is 0 Å². The van der Waals surface area contributed by atoms with Crippen LogP contribution in [0.25, 0.3) is 10.8 Å². The van der Waals surface area contributed by atoms with Crippen LogP contribution >= 0.6 is 11.3 Å². The number of hydrogen-bond acceptors (Lipinski definition) is 3. The highest BCUT2D eigenvalue weighted by Gasteiger charge is 2.11. The molecule has 0 radical (unpaired) electrons. The van der Waals surface area contributed by atoms with E-state index in [0.29, 0.717) is 6.04 Å². The highest BCUT2D eigenvalue weighted by atomic mass is 32.1. The first-order valence-electron chi connectivity index (χ1n) is 6.41. The van der Waals surface area contributed by atoms with Gasteiger partial charge in [-0.05, 0) is 29.4 Å². The minimum Gasteiger partial charge on any atom is -0.313 e. The Balaban J connectivity index is 1.92. The number of likely N-dealkylation sites (N-methyl/N-ethyl adjacent to an activating group) is 1. The molecule has 0 aliphatic carbocycles. The summed E-state index contributed by atoms with van der Waals surface area (Å²) in [7, 11) is 2.01. The predicted molar refractivity (Wildman–Crippen MR) is 81.6 cm³/mol. The summed E-state index contributed by atoms with van der Waals surface area (Å²) in [5.74, 6) is 0. The van der Waals surface area contributed by atoms with E-state index < -0.39 is 0 Å². The van der Waals surface area contributed by atoms with Crippen molar-refractivity contribution in [2.75, 3.05) is 7.05 Å². The molecule has 3 rings (SSSR count). The van der Waals surface area contributed by atoms with Crippen LogP contribution in [0.5, 0.6) is 0 Å². The molecule has 0 amide bonds. The number of rotatable bonds is 4. The second-order valence-corrected chi connectivity index (χ2v) is 5.56. The van der Waals surface area contributed by atoms with Crippen LogP contribution in [0.1, 0.15) is 16.6 Å². The summed E-state index contributed by atoms with van der Waals surface area (Å²) < 4.78 is 0. The summed E-state index contributed by atoms with van der Waals surface area (Å²) in [6.07, 6.45) is 2.81. The maximum absolute atomic E-state index is 4.37. The SMILES string of the molecule is CNC(Cc1nccs1)c1ccc2ccccc2c1. The van der Waals surface area contributed by atoms with Crippen LogP contribution in [0.4, 0.5) is 0 Å². The van der Waals surface area contributed by atoms with Gasteiger partial charge in [0.1, 0.15) is 0 Å². The summed E-state index contributed by atoms with van der Waals surface area (Å²) in [5, 5.41) is 9.17. The first-order valence-corrected chi connectivity index (χ1v) is 7.29. The van der Waals surface area contributed by atoms with E-state index in [1.807, 2.05) is 18.6 Å². The van der Waals surface area contributed by atoms with Crippen molar-refractivity contribution in [3.05, 3.63) is 64.6 Å². The lowest BCUT2D eigenvalue weighted by atomic mass is 10.00. The first kappa shape index (κ1) is 12.3. The molecule has 1 atom stereocenters. The van der Waals surface area contributed by atoms with Gasteiger partial charge in [-0.1, -0.05) is 36.4 Å². The van der Waals surface area contributed by atoms with Crippen molar-refractivity contribution < 1.29 is 0 Å². The smallest absolute Gasteiger partial charge is 0.0943 e. The van der Waals surface area contributed by atoms with Crippen molar-refractivity contribution in [3.8, 4) is 0 Å². The summed E-state index contributed by atoms with van der Waals surface area (Å²) >= 11 is 1.71. The molecule has 0 aliphatic heterocycles. The van der Waals surface area contributed by atoms with Crippen LogP contribution in [0.2, 0.25) is 0 Å². The first-order chi connectivity index (χ1) is 9.36. The number of nitrogens with one attached hydrogen (secondary N) is 1. The van der Waals surface area contributed by atoms with Crippen molar-refractivity contribution >= 4 is 22.1 Å². The third kappa shape index (κ3) is 2.67. The predicted octanol–water partition coefficient (Wildman–Crippen LogP) is 3.80. The molecule has 1 N–H and O–H groups in total. The normalized spacial score (nSPS) is 12.7. The van der Waals surface area contributed by atoms with E-state index in [2.05, 4.69) is 52.8 Å². The second kappa shape index (κ2) is 5.51. The lowest BCUT2D eigenvalue weighted by Crippen LogP contribution is -2.18. The van der Waals surface area contributed by atoms with Crippen LogP contribution in [0.3, 0.4) is 0 Å². The largest absolute Gasteiger partial charge is 0.313 e. The van der Waals surface area contributed by atoms with Crippen LogP contribution in [0, 0.1) is 0 Å². The zero-order valence-corrected chi connectivity index (χ0v) is 11.7. The number of nitrogens with zero attached hydrogens (tertiary/aromatic N) is 1. The number of fused-ring (bicyclic) bond motifs is 1. The van der Waals surface area contributed by atoms with E-state index in [1.165, 1.54) is 21.3 Å². The van der Waals surface area contributed by atoms with Gasteiger partial charge in [0.25, 0.3) is 0 Å². The maximum atomic E-state index is 4.37. The lowest BCUT2D eigenvalue weighted by molar-refractivity contribution is 0.591. The molecule has 3 aromatic rings. The molecule has 0 saturated heterocycles. The molecule has 96 valence electrons. The van der Waals surface area contributed by atoms with E-state index in [0.717, 1.165) is 6.42 Å². The molecular formula is C16H16N2S. The molecular weight excluding hydrogens is 252 g/mol. The molecule has 3 heteroatoms. The Morgan fingerprint density at radius 2 is 2.00 bits per heavy atom. The Hall–Kier alpha value is -1.71. The fraction of sp³-hybridized carbons (Fsp3) is 0.188. The lowest BCUT2D eigenvalue weighted by Gasteiger charge is -2.16. The Labute approximate surface area is 117 Å². The van der Waals surface area contributed by atoms with Crippen molar-refractivity contribution in [1.29, 1.82) is 0 Å². The maximum Gasteiger partial charge on any atom is 0.0943 e. The molecule has 19 heavy (non-hydrogen) atoms.